The molecule has 1 aromatic carbocycles. The third-order valence-electron chi connectivity index (χ3n) is 4.82. The first-order chi connectivity index (χ1) is 12.2. The van der Waals surface area contributed by atoms with E-state index in [9.17, 15) is 4.79 Å². The average Bonchev–Trinajstić information content (AvgIpc) is 3.11. The van der Waals surface area contributed by atoms with Gasteiger partial charge in [0.1, 0.15) is 5.69 Å². The zero-order valence-corrected chi connectivity index (χ0v) is 14.2. The largest absolute Gasteiger partial charge is 0.337 e. The maximum atomic E-state index is 12.6. The lowest BCUT2D eigenvalue weighted by Gasteiger charge is -2.16. The van der Waals surface area contributed by atoms with Gasteiger partial charge in [0.15, 0.2) is 0 Å². The van der Waals surface area contributed by atoms with Crippen molar-refractivity contribution in [2.45, 2.75) is 19.8 Å². The van der Waals surface area contributed by atoms with E-state index in [0.717, 1.165) is 37.1 Å². The molecule has 126 valence electrons. The van der Waals surface area contributed by atoms with Crippen molar-refractivity contribution in [1.82, 2.24) is 19.9 Å². The molecule has 25 heavy (non-hydrogen) atoms. The molecule has 3 heterocycles. The van der Waals surface area contributed by atoms with Crippen LogP contribution in [0.3, 0.4) is 0 Å². The van der Waals surface area contributed by atoms with Crippen molar-refractivity contribution in [3.63, 3.8) is 0 Å². The summed E-state index contributed by atoms with van der Waals surface area (Å²) in [6.07, 6.45) is 7.07. The van der Waals surface area contributed by atoms with Crippen molar-refractivity contribution in [2.24, 2.45) is 5.92 Å². The Labute approximate surface area is 146 Å². The second-order valence-corrected chi connectivity index (χ2v) is 6.64. The van der Waals surface area contributed by atoms with Gasteiger partial charge >= 0.3 is 0 Å². The number of carbonyl (C=O) groups excluding carboxylic acids is 1. The average molecular weight is 332 g/mol. The Morgan fingerprint density at radius 3 is 2.88 bits per heavy atom. The molecule has 1 fully saturated rings. The summed E-state index contributed by atoms with van der Waals surface area (Å²) in [4.78, 5) is 27.3. The number of fused-ring (bicyclic) bond motifs is 1. The predicted octanol–water partition coefficient (Wildman–Crippen LogP) is 3.04. The van der Waals surface area contributed by atoms with Gasteiger partial charge in [0, 0.05) is 30.9 Å². The molecule has 2 aromatic heterocycles. The maximum Gasteiger partial charge on any atom is 0.274 e. The molecule has 4 rings (SSSR count). The molecule has 1 unspecified atom stereocenters. The lowest BCUT2D eigenvalue weighted by molar-refractivity contribution is 0.0781. The number of hydrogen-bond acceptors (Lipinski definition) is 4. The lowest BCUT2D eigenvalue weighted by atomic mass is 9.96. The molecule has 5 nitrogen and oxygen atoms in total. The topological polar surface area (TPSA) is 59.0 Å². The van der Waals surface area contributed by atoms with Crippen molar-refractivity contribution in [2.75, 3.05) is 13.1 Å². The summed E-state index contributed by atoms with van der Waals surface area (Å²) in [7, 11) is 0. The second kappa shape index (κ2) is 6.59. The van der Waals surface area contributed by atoms with Gasteiger partial charge in [-0.3, -0.25) is 14.8 Å². The standard InChI is InChI=1S/C20H20N4O/c1-14-11-23-19(12-22-14)20(25)24-9-7-15(13-24)10-16-6-8-21-18-5-3-2-4-17(16)18/h2-6,8,11-12,15H,7,9-10,13H2,1H3. The number of hydrogen-bond donors (Lipinski definition) is 0. The SMILES string of the molecule is Cc1cnc(C(=O)N2CCC(Cc3ccnc4ccccc34)C2)cn1. The molecule has 5 heteroatoms. The molecule has 0 radical (unpaired) electrons. The molecule has 1 saturated heterocycles. The minimum atomic E-state index is -0.0189. The van der Waals surface area contributed by atoms with E-state index in [2.05, 4.69) is 27.1 Å². The number of benzene rings is 1. The third-order valence-corrected chi connectivity index (χ3v) is 4.82. The van der Waals surface area contributed by atoms with Crippen molar-refractivity contribution >= 4 is 16.8 Å². The number of likely N-dealkylation sites (tertiary alicyclic amines) is 1. The quantitative estimate of drug-likeness (QED) is 0.740. The Morgan fingerprint density at radius 2 is 2.04 bits per heavy atom. The van der Waals surface area contributed by atoms with Crippen LogP contribution in [0.15, 0.2) is 48.9 Å². The lowest BCUT2D eigenvalue weighted by Crippen LogP contribution is -2.29. The summed E-state index contributed by atoms with van der Waals surface area (Å²) in [5.74, 6) is 0.447. The molecule has 0 aliphatic carbocycles. The molecule has 1 aliphatic rings. The summed E-state index contributed by atoms with van der Waals surface area (Å²) in [6, 6.07) is 10.3. The van der Waals surface area contributed by atoms with Crippen LogP contribution in [-0.4, -0.2) is 38.8 Å². The van der Waals surface area contributed by atoms with E-state index in [4.69, 9.17) is 0 Å². The van der Waals surface area contributed by atoms with Gasteiger partial charge in [0.25, 0.3) is 5.91 Å². The first-order valence-corrected chi connectivity index (χ1v) is 8.61. The maximum absolute atomic E-state index is 12.6. The van der Waals surface area contributed by atoms with Gasteiger partial charge in [0.05, 0.1) is 17.4 Å². The first kappa shape index (κ1) is 15.7. The van der Waals surface area contributed by atoms with Crippen LogP contribution in [0.1, 0.15) is 28.2 Å². The molecule has 0 bridgehead atoms. The van der Waals surface area contributed by atoms with Crippen LogP contribution in [-0.2, 0) is 6.42 Å². The van der Waals surface area contributed by atoms with Gasteiger partial charge in [-0.05, 0) is 43.4 Å². The minimum absolute atomic E-state index is 0.0189. The molecule has 0 spiro atoms. The first-order valence-electron chi connectivity index (χ1n) is 8.61. The number of para-hydroxylation sites is 1. The molecule has 3 aromatic rings. The predicted molar refractivity (Wildman–Crippen MR) is 96.2 cm³/mol. The van der Waals surface area contributed by atoms with E-state index in [1.807, 2.05) is 36.2 Å². The molecule has 0 saturated carbocycles. The highest BCUT2D eigenvalue weighted by atomic mass is 16.2. The van der Waals surface area contributed by atoms with Crippen LogP contribution in [0, 0.1) is 12.8 Å². The van der Waals surface area contributed by atoms with Crippen LogP contribution in [0.4, 0.5) is 0 Å². The van der Waals surface area contributed by atoms with E-state index in [0.29, 0.717) is 11.6 Å². The van der Waals surface area contributed by atoms with Gasteiger partial charge in [-0.2, -0.15) is 0 Å². The van der Waals surface area contributed by atoms with Crippen LogP contribution in [0.5, 0.6) is 0 Å². The Hall–Kier alpha value is -2.82. The molecular weight excluding hydrogens is 312 g/mol. The van der Waals surface area contributed by atoms with E-state index in [-0.39, 0.29) is 5.91 Å². The number of rotatable bonds is 3. The highest BCUT2D eigenvalue weighted by Gasteiger charge is 2.28. The van der Waals surface area contributed by atoms with E-state index in [1.54, 1.807) is 12.4 Å². The smallest absolute Gasteiger partial charge is 0.274 e. The van der Waals surface area contributed by atoms with Crippen LogP contribution in [0.2, 0.25) is 0 Å². The van der Waals surface area contributed by atoms with Crippen LogP contribution < -0.4 is 0 Å². The van der Waals surface area contributed by atoms with Crippen molar-refractivity contribution in [3.8, 4) is 0 Å². The number of nitrogens with zero attached hydrogens (tertiary/aromatic N) is 4. The zero-order chi connectivity index (χ0) is 17.2. The summed E-state index contributed by atoms with van der Waals surface area (Å²) in [6.45, 7) is 3.42. The number of aromatic nitrogens is 3. The van der Waals surface area contributed by atoms with Crippen molar-refractivity contribution in [3.05, 3.63) is 65.9 Å². The summed E-state index contributed by atoms with van der Waals surface area (Å²) >= 11 is 0. The third kappa shape index (κ3) is 3.22. The van der Waals surface area contributed by atoms with Gasteiger partial charge in [-0.15, -0.1) is 0 Å². The molecular formula is C20H20N4O. The highest BCUT2D eigenvalue weighted by molar-refractivity contribution is 5.92. The van der Waals surface area contributed by atoms with Crippen LogP contribution >= 0.6 is 0 Å². The summed E-state index contributed by atoms with van der Waals surface area (Å²) < 4.78 is 0. The van der Waals surface area contributed by atoms with E-state index < -0.39 is 0 Å². The Balaban J connectivity index is 1.47. The molecule has 1 atom stereocenters. The molecule has 1 amide bonds. The fraction of sp³-hybridized carbons (Fsp3) is 0.300. The van der Waals surface area contributed by atoms with E-state index in [1.165, 1.54) is 10.9 Å². The normalized spacial score (nSPS) is 17.2. The van der Waals surface area contributed by atoms with Gasteiger partial charge in [0.2, 0.25) is 0 Å². The summed E-state index contributed by atoms with van der Waals surface area (Å²) in [5.41, 5.74) is 3.59. The van der Waals surface area contributed by atoms with Crippen molar-refractivity contribution in [1.29, 1.82) is 0 Å². The highest BCUT2D eigenvalue weighted by Crippen LogP contribution is 2.25. The number of carbonyl (C=O) groups is 1. The monoisotopic (exact) mass is 332 g/mol. The fourth-order valence-corrected chi connectivity index (χ4v) is 3.49. The van der Waals surface area contributed by atoms with Gasteiger partial charge in [-0.25, -0.2) is 4.98 Å². The van der Waals surface area contributed by atoms with Crippen LogP contribution in [0.25, 0.3) is 10.9 Å². The number of pyridine rings is 1. The second-order valence-electron chi connectivity index (χ2n) is 6.64. The zero-order valence-electron chi connectivity index (χ0n) is 14.2. The van der Waals surface area contributed by atoms with Gasteiger partial charge in [-0.1, -0.05) is 18.2 Å². The molecule has 0 N–H and O–H groups in total. The Kier molecular flexibility index (Phi) is 4.14. The number of aryl methyl sites for hydroxylation is 1. The summed E-state index contributed by atoms with van der Waals surface area (Å²) in [5, 5.41) is 1.21. The van der Waals surface area contributed by atoms with Gasteiger partial charge < -0.3 is 4.90 Å². The van der Waals surface area contributed by atoms with Crippen molar-refractivity contribution < 1.29 is 4.79 Å². The Bertz CT molecular complexity index is 902. The Morgan fingerprint density at radius 1 is 1.16 bits per heavy atom. The minimum Gasteiger partial charge on any atom is -0.337 e. The fourth-order valence-electron chi connectivity index (χ4n) is 3.49. The number of amides is 1. The molecule has 1 aliphatic heterocycles. The van der Waals surface area contributed by atoms with E-state index >= 15 is 0 Å².